The van der Waals surface area contributed by atoms with Crippen LogP contribution in [0.5, 0.6) is 0 Å². The van der Waals surface area contributed by atoms with E-state index in [1.807, 2.05) is 18.2 Å². The van der Waals surface area contributed by atoms with Crippen molar-refractivity contribution in [3.05, 3.63) is 60.2 Å². The molecule has 1 N–H and O–H groups in total. The van der Waals surface area contributed by atoms with Crippen molar-refractivity contribution in [1.29, 1.82) is 0 Å². The van der Waals surface area contributed by atoms with Gasteiger partial charge in [0.25, 0.3) is 0 Å². The maximum absolute atomic E-state index is 12.1. The smallest absolute Gasteiger partial charge is 0.213 e. The van der Waals surface area contributed by atoms with Gasteiger partial charge in [0.2, 0.25) is 12.0 Å². The van der Waals surface area contributed by atoms with Crippen LogP contribution in [0, 0.1) is 0 Å². The molecular formula is C14H11N3O2. The lowest BCUT2D eigenvalue weighted by Crippen LogP contribution is -2.20. The summed E-state index contributed by atoms with van der Waals surface area (Å²) in [7, 11) is 0. The molecule has 1 heterocycles. The van der Waals surface area contributed by atoms with Gasteiger partial charge in [-0.05, 0) is 12.1 Å². The van der Waals surface area contributed by atoms with Crippen molar-refractivity contribution >= 4 is 16.8 Å². The third-order valence-electron chi connectivity index (χ3n) is 2.90. The quantitative estimate of drug-likeness (QED) is 0.723. The van der Waals surface area contributed by atoms with Gasteiger partial charge >= 0.3 is 0 Å². The number of aliphatic hydroxyl groups excluding tert-OH is 1. The number of carbonyl (C=O) groups is 1. The first kappa shape index (κ1) is 11.6. The Labute approximate surface area is 109 Å². The number of fused-ring (bicyclic) bond motifs is 1. The Bertz CT molecular complexity index is 722. The van der Waals surface area contributed by atoms with Gasteiger partial charge in [0.1, 0.15) is 5.52 Å². The Kier molecular flexibility index (Phi) is 2.81. The highest BCUT2D eigenvalue weighted by Crippen LogP contribution is 2.17. The van der Waals surface area contributed by atoms with E-state index in [2.05, 4.69) is 10.3 Å². The first-order valence-corrected chi connectivity index (χ1v) is 5.84. The largest absolute Gasteiger partial charge is 0.365 e. The third kappa shape index (κ3) is 2.00. The maximum atomic E-state index is 12.1. The van der Waals surface area contributed by atoms with Crippen LogP contribution in [0.15, 0.2) is 54.6 Å². The lowest BCUT2D eigenvalue weighted by Gasteiger charge is -2.10. The number of aliphatic hydroxyl groups is 1. The van der Waals surface area contributed by atoms with Crippen LogP contribution in [0.2, 0.25) is 0 Å². The summed E-state index contributed by atoms with van der Waals surface area (Å²) < 4.78 is 1.23. The highest BCUT2D eigenvalue weighted by Gasteiger charge is 2.21. The maximum Gasteiger partial charge on any atom is 0.213 e. The Morgan fingerprint density at radius 1 is 1.05 bits per heavy atom. The average molecular weight is 253 g/mol. The number of hydrogen-bond acceptors (Lipinski definition) is 4. The molecule has 5 nitrogen and oxygen atoms in total. The molecule has 94 valence electrons. The van der Waals surface area contributed by atoms with Crippen LogP contribution < -0.4 is 0 Å². The molecule has 3 rings (SSSR count). The topological polar surface area (TPSA) is 68.0 Å². The zero-order valence-electron chi connectivity index (χ0n) is 9.97. The second kappa shape index (κ2) is 4.62. The van der Waals surface area contributed by atoms with Crippen molar-refractivity contribution in [2.45, 2.75) is 6.23 Å². The van der Waals surface area contributed by atoms with E-state index < -0.39 is 12.0 Å². The molecule has 0 amide bonds. The summed E-state index contributed by atoms with van der Waals surface area (Å²) in [5.74, 6) is -0.406. The molecule has 0 aliphatic heterocycles. The van der Waals surface area contributed by atoms with Crippen molar-refractivity contribution in [2.24, 2.45) is 0 Å². The van der Waals surface area contributed by atoms with Gasteiger partial charge in [-0.1, -0.05) is 47.7 Å². The Hall–Kier alpha value is -2.53. The van der Waals surface area contributed by atoms with Gasteiger partial charge in [0.05, 0.1) is 5.52 Å². The number of Topliss-reactive ketones (excluding diaryl/α,β-unsaturated/α-hetero) is 1. The average Bonchev–Trinajstić information content (AvgIpc) is 2.90. The molecule has 0 bridgehead atoms. The van der Waals surface area contributed by atoms with Crippen molar-refractivity contribution in [2.75, 3.05) is 0 Å². The summed E-state index contributed by atoms with van der Waals surface area (Å²) in [6.07, 6.45) is -1.37. The van der Waals surface area contributed by atoms with Crippen LogP contribution in [0.1, 0.15) is 16.6 Å². The molecular weight excluding hydrogens is 242 g/mol. The van der Waals surface area contributed by atoms with Crippen molar-refractivity contribution in [3.63, 3.8) is 0 Å². The minimum atomic E-state index is -1.37. The van der Waals surface area contributed by atoms with Gasteiger partial charge in [-0.15, -0.1) is 5.10 Å². The lowest BCUT2D eigenvalue weighted by atomic mass is 10.1. The van der Waals surface area contributed by atoms with Gasteiger partial charge < -0.3 is 5.11 Å². The van der Waals surface area contributed by atoms with E-state index in [4.69, 9.17) is 0 Å². The lowest BCUT2D eigenvalue weighted by molar-refractivity contribution is 0.0542. The van der Waals surface area contributed by atoms with Crippen LogP contribution >= 0.6 is 0 Å². The van der Waals surface area contributed by atoms with Crippen LogP contribution in [0.25, 0.3) is 11.0 Å². The molecule has 0 aliphatic rings. The number of rotatable bonds is 3. The molecule has 1 aromatic heterocycles. The SMILES string of the molecule is O=C(c1ccccc1)C(O)n1nnc2ccccc21. The molecule has 2 aromatic carbocycles. The summed E-state index contributed by atoms with van der Waals surface area (Å²) in [6.45, 7) is 0. The highest BCUT2D eigenvalue weighted by atomic mass is 16.3. The normalized spacial score (nSPS) is 12.5. The Morgan fingerprint density at radius 3 is 2.53 bits per heavy atom. The zero-order valence-corrected chi connectivity index (χ0v) is 9.97. The number of para-hydroxylation sites is 1. The number of carbonyl (C=O) groups excluding carboxylic acids is 1. The molecule has 3 aromatic rings. The third-order valence-corrected chi connectivity index (χ3v) is 2.90. The van der Waals surface area contributed by atoms with Gasteiger partial charge in [-0.25, -0.2) is 4.68 Å². The van der Waals surface area contributed by atoms with Crippen LogP contribution in [0.3, 0.4) is 0 Å². The van der Waals surface area contributed by atoms with E-state index in [1.54, 1.807) is 36.4 Å². The van der Waals surface area contributed by atoms with Crippen LogP contribution in [-0.2, 0) is 0 Å². The predicted molar refractivity (Wildman–Crippen MR) is 69.6 cm³/mol. The predicted octanol–water partition coefficient (Wildman–Crippen LogP) is 1.81. The molecule has 0 radical (unpaired) electrons. The fourth-order valence-corrected chi connectivity index (χ4v) is 1.93. The van der Waals surface area contributed by atoms with Crippen molar-refractivity contribution < 1.29 is 9.90 Å². The summed E-state index contributed by atoms with van der Waals surface area (Å²) >= 11 is 0. The number of benzene rings is 2. The van der Waals surface area contributed by atoms with E-state index in [-0.39, 0.29) is 0 Å². The second-order valence-corrected chi connectivity index (χ2v) is 4.13. The summed E-state index contributed by atoms with van der Waals surface area (Å²) in [5, 5.41) is 17.9. The van der Waals surface area contributed by atoms with E-state index in [9.17, 15) is 9.90 Å². The molecule has 0 spiro atoms. The monoisotopic (exact) mass is 253 g/mol. The standard InChI is InChI=1S/C14H11N3O2/c18-13(10-6-2-1-3-7-10)14(19)17-12-9-5-4-8-11(12)15-16-17/h1-9,14,19H. The van der Waals surface area contributed by atoms with E-state index in [0.717, 1.165) is 0 Å². The van der Waals surface area contributed by atoms with Crippen molar-refractivity contribution in [3.8, 4) is 0 Å². The van der Waals surface area contributed by atoms with Crippen LogP contribution in [-0.4, -0.2) is 25.9 Å². The molecule has 0 saturated heterocycles. The Morgan fingerprint density at radius 2 is 1.74 bits per heavy atom. The number of hydrogen-bond donors (Lipinski definition) is 1. The molecule has 0 saturated carbocycles. The van der Waals surface area contributed by atoms with Crippen LogP contribution in [0.4, 0.5) is 0 Å². The van der Waals surface area contributed by atoms with Gasteiger partial charge in [0.15, 0.2) is 0 Å². The first-order chi connectivity index (χ1) is 9.27. The van der Waals surface area contributed by atoms with E-state index in [1.165, 1.54) is 4.68 Å². The molecule has 1 unspecified atom stereocenters. The van der Waals surface area contributed by atoms with Crippen molar-refractivity contribution in [1.82, 2.24) is 15.0 Å². The number of ketones is 1. The zero-order chi connectivity index (χ0) is 13.2. The van der Waals surface area contributed by atoms with Gasteiger partial charge in [0, 0.05) is 5.56 Å². The van der Waals surface area contributed by atoms with E-state index in [0.29, 0.717) is 16.6 Å². The minimum Gasteiger partial charge on any atom is -0.365 e. The molecule has 0 aliphatic carbocycles. The minimum absolute atomic E-state index is 0.406. The fourth-order valence-electron chi connectivity index (χ4n) is 1.93. The molecule has 19 heavy (non-hydrogen) atoms. The highest BCUT2D eigenvalue weighted by molar-refractivity contribution is 5.98. The second-order valence-electron chi connectivity index (χ2n) is 4.13. The molecule has 0 fully saturated rings. The molecule has 5 heteroatoms. The van der Waals surface area contributed by atoms with Gasteiger partial charge in [-0.2, -0.15) is 0 Å². The number of nitrogens with zero attached hydrogens (tertiary/aromatic N) is 3. The van der Waals surface area contributed by atoms with Gasteiger partial charge in [-0.3, -0.25) is 4.79 Å². The summed E-state index contributed by atoms with van der Waals surface area (Å²) in [5.41, 5.74) is 1.70. The first-order valence-electron chi connectivity index (χ1n) is 5.84. The summed E-state index contributed by atoms with van der Waals surface area (Å²) in [6, 6.07) is 15.8. The van der Waals surface area contributed by atoms with E-state index >= 15 is 0 Å². The molecule has 1 atom stereocenters. The fraction of sp³-hybridized carbons (Fsp3) is 0.0714. The Balaban J connectivity index is 2.00. The summed E-state index contributed by atoms with van der Waals surface area (Å²) in [4.78, 5) is 12.1. The number of aromatic nitrogens is 3.